The molecular formula is C17H15FN2O3. The highest BCUT2D eigenvalue weighted by Gasteiger charge is 2.15. The van der Waals surface area contributed by atoms with E-state index in [1.165, 1.54) is 12.1 Å². The highest BCUT2D eigenvalue weighted by molar-refractivity contribution is 5.96. The molecule has 5 nitrogen and oxygen atoms in total. The van der Waals surface area contributed by atoms with E-state index in [0.29, 0.717) is 18.5 Å². The number of benzene rings is 2. The number of ether oxygens (including phenoxy) is 1. The van der Waals surface area contributed by atoms with Gasteiger partial charge in [-0.2, -0.15) is 0 Å². The summed E-state index contributed by atoms with van der Waals surface area (Å²) in [7, 11) is 0. The van der Waals surface area contributed by atoms with E-state index >= 15 is 0 Å². The van der Waals surface area contributed by atoms with Crippen LogP contribution in [0.3, 0.4) is 0 Å². The smallest absolute Gasteiger partial charge is 0.262 e. The highest BCUT2D eigenvalue weighted by atomic mass is 19.1. The molecule has 0 aromatic heterocycles. The summed E-state index contributed by atoms with van der Waals surface area (Å²) in [6.07, 6.45) is 1.07. The highest BCUT2D eigenvalue weighted by Crippen LogP contribution is 2.25. The van der Waals surface area contributed by atoms with Crippen molar-refractivity contribution in [1.29, 1.82) is 0 Å². The second-order valence-electron chi connectivity index (χ2n) is 5.19. The minimum atomic E-state index is -0.509. The quantitative estimate of drug-likeness (QED) is 0.912. The molecule has 0 radical (unpaired) electrons. The maximum Gasteiger partial charge on any atom is 0.262 e. The van der Waals surface area contributed by atoms with Gasteiger partial charge in [0.2, 0.25) is 5.91 Å². The first-order chi connectivity index (χ1) is 11.1. The second-order valence-corrected chi connectivity index (χ2v) is 5.19. The summed E-state index contributed by atoms with van der Waals surface area (Å²) in [5, 5.41) is 5.47. The minimum absolute atomic E-state index is 0.00688. The average Bonchev–Trinajstić information content (AvgIpc) is 2.54. The van der Waals surface area contributed by atoms with Crippen molar-refractivity contribution < 1.29 is 18.7 Å². The van der Waals surface area contributed by atoms with Gasteiger partial charge in [-0.15, -0.1) is 0 Å². The number of nitrogens with one attached hydrogen (secondary N) is 2. The van der Waals surface area contributed by atoms with Crippen molar-refractivity contribution in [2.75, 3.05) is 17.2 Å². The first-order valence-corrected chi connectivity index (χ1v) is 7.22. The summed E-state index contributed by atoms with van der Waals surface area (Å²) < 4.78 is 18.5. The molecule has 3 rings (SSSR count). The maximum absolute atomic E-state index is 13.4. The van der Waals surface area contributed by atoms with E-state index in [2.05, 4.69) is 10.6 Å². The van der Waals surface area contributed by atoms with Crippen LogP contribution in [0.5, 0.6) is 5.75 Å². The Hall–Kier alpha value is -2.89. The van der Waals surface area contributed by atoms with Gasteiger partial charge >= 0.3 is 0 Å². The van der Waals surface area contributed by atoms with E-state index in [1.807, 2.05) is 6.07 Å². The number of hydrogen-bond donors (Lipinski definition) is 2. The van der Waals surface area contributed by atoms with Crippen LogP contribution in [0.1, 0.15) is 12.0 Å². The number of fused-ring (bicyclic) bond motifs is 1. The maximum atomic E-state index is 13.4. The zero-order valence-corrected chi connectivity index (χ0v) is 12.3. The van der Waals surface area contributed by atoms with E-state index in [4.69, 9.17) is 4.74 Å². The molecule has 0 atom stereocenters. The van der Waals surface area contributed by atoms with Gasteiger partial charge < -0.3 is 15.4 Å². The van der Waals surface area contributed by atoms with Gasteiger partial charge in [0.25, 0.3) is 5.91 Å². The Kier molecular flexibility index (Phi) is 4.23. The first-order valence-electron chi connectivity index (χ1n) is 7.22. The van der Waals surface area contributed by atoms with Crippen molar-refractivity contribution in [2.45, 2.75) is 12.8 Å². The summed E-state index contributed by atoms with van der Waals surface area (Å²) in [5.41, 5.74) is 2.35. The molecule has 2 amide bonds. The molecule has 0 bridgehead atoms. The molecule has 0 unspecified atom stereocenters. The third-order valence-corrected chi connectivity index (χ3v) is 3.48. The number of para-hydroxylation sites is 1. The molecule has 118 valence electrons. The Morgan fingerprint density at radius 1 is 1.22 bits per heavy atom. The molecule has 0 fully saturated rings. The Bertz CT molecular complexity index is 761. The zero-order valence-electron chi connectivity index (χ0n) is 12.3. The van der Waals surface area contributed by atoms with E-state index < -0.39 is 5.82 Å². The fraction of sp³-hybridized carbons (Fsp3) is 0.176. The van der Waals surface area contributed by atoms with Crippen molar-refractivity contribution in [3.05, 3.63) is 53.8 Å². The molecular weight excluding hydrogens is 299 g/mol. The second kappa shape index (κ2) is 6.48. The van der Waals surface area contributed by atoms with Gasteiger partial charge in [0.15, 0.2) is 18.2 Å². The predicted molar refractivity (Wildman–Crippen MR) is 83.9 cm³/mol. The Morgan fingerprint density at radius 2 is 2.04 bits per heavy atom. The topological polar surface area (TPSA) is 67.4 Å². The monoisotopic (exact) mass is 314 g/mol. The lowest BCUT2D eigenvalue weighted by Gasteiger charge is -2.17. The van der Waals surface area contributed by atoms with Crippen molar-refractivity contribution in [3.8, 4) is 5.75 Å². The molecule has 6 heteroatoms. The van der Waals surface area contributed by atoms with Gasteiger partial charge in [-0.05, 0) is 42.3 Å². The molecule has 23 heavy (non-hydrogen) atoms. The normalized spacial score (nSPS) is 13.0. The van der Waals surface area contributed by atoms with Crippen LogP contribution in [0.25, 0.3) is 0 Å². The lowest BCUT2D eigenvalue weighted by molar-refractivity contribution is -0.118. The molecule has 1 aliphatic heterocycles. The van der Waals surface area contributed by atoms with Crippen LogP contribution < -0.4 is 15.4 Å². The third-order valence-electron chi connectivity index (χ3n) is 3.48. The largest absolute Gasteiger partial charge is 0.481 e. The number of rotatable bonds is 4. The van der Waals surface area contributed by atoms with E-state index in [1.54, 1.807) is 24.3 Å². The number of hydrogen-bond acceptors (Lipinski definition) is 3. The van der Waals surface area contributed by atoms with Crippen LogP contribution in [-0.4, -0.2) is 18.4 Å². The van der Waals surface area contributed by atoms with Crippen LogP contribution in [0.2, 0.25) is 0 Å². The van der Waals surface area contributed by atoms with Gasteiger partial charge in [0, 0.05) is 17.8 Å². The van der Waals surface area contributed by atoms with Gasteiger partial charge in [-0.25, -0.2) is 4.39 Å². The number of halogens is 1. The molecule has 0 spiro atoms. The zero-order chi connectivity index (χ0) is 16.2. The molecule has 1 aliphatic rings. The number of carbonyl (C=O) groups excluding carboxylic acids is 2. The van der Waals surface area contributed by atoms with E-state index in [-0.39, 0.29) is 24.2 Å². The molecule has 2 aromatic rings. The summed E-state index contributed by atoms with van der Waals surface area (Å²) >= 11 is 0. The standard InChI is InChI=1S/C17H15FN2O3/c18-13-3-1-2-4-15(13)23-10-17(22)19-12-6-7-14-11(9-12)5-8-16(21)20-14/h1-4,6-7,9H,5,8,10H2,(H,19,22)(H,20,21). The molecule has 2 aromatic carbocycles. The van der Waals surface area contributed by atoms with Crippen LogP contribution in [0, 0.1) is 5.82 Å². The molecule has 2 N–H and O–H groups in total. The van der Waals surface area contributed by atoms with Crippen LogP contribution in [0.4, 0.5) is 15.8 Å². The van der Waals surface area contributed by atoms with E-state index in [0.717, 1.165) is 11.3 Å². The Morgan fingerprint density at radius 3 is 2.87 bits per heavy atom. The number of amides is 2. The Balaban J connectivity index is 1.60. The summed E-state index contributed by atoms with van der Waals surface area (Å²) in [6, 6.07) is 11.2. The van der Waals surface area contributed by atoms with Crippen molar-refractivity contribution in [2.24, 2.45) is 0 Å². The fourth-order valence-corrected chi connectivity index (χ4v) is 2.36. The number of anilines is 2. The van der Waals surface area contributed by atoms with Gasteiger partial charge in [0.05, 0.1) is 0 Å². The SMILES string of the molecule is O=C(COc1ccccc1F)Nc1ccc2c(c1)CCC(=O)N2. The van der Waals surface area contributed by atoms with Gasteiger partial charge in [-0.3, -0.25) is 9.59 Å². The Labute approximate surface area is 132 Å². The first kappa shape index (κ1) is 15.0. The minimum Gasteiger partial charge on any atom is -0.481 e. The van der Waals surface area contributed by atoms with Crippen molar-refractivity contribution >= 4 is 23.2 Å². The van der Waals surface area contributed by atoms with Crippen molar-refractivity contribution in [1.82, 2.24) is 0 Å². The molecule has 1 heterocycles. The summed E-state index contributed by atoms with van der Waals surface area (Å²) in [6.45, 7) is -0.283. The lowest BCUT2D eigenvalue weighted by Crippen LogP contribution is -2.22. The van der Waals surface area contributed by atoms with Crippen LogP contribution >= 0.6 is 0 Å². The average molecular weight is 314 g/mol. The predicted octanol–water partition coefficient (Wildman–Crippen LogP) is 2.73. The number of aryl methyl sites for hydroxylation is 1. The molecule has 0 aliphatic carbocycles. The van der Waals surface area contributed by atoms with Crippen LogP contribution in [-0.2, 0) is 16.0 Å². The molecule has 0 saturated carbocycles. The number of carbonyl (C=O) groups is 2. The summed E-state index contributed by atoms with van der Waals surface area (Å²) in [4.78, 5) is 23.2. The third kappa shape index (κ3) is 3.66. The van der Waals surface area contributed by atoms with Gasteiger partial charge in [-0.1, -0.05) is 12.1 Å². The van der Waals surface area contributed by atoms with Crippen LogP contribution in [0.15, 0.2) is 42.5 Å². The van der Waals surface area contributed by atoms with E-state index in [9.17, 15) is 14.0 Å². The lowest BCUT2D eigenvalue weighted by atomic mass is 10.0. The van der Waals surface area contributed by atoms with Gasteiger partial charge in [0.1, 0.15) is 0 Å². The molecule has 0 saturated heterocycles. The summed E-state index contributed by atoms with van der Waals surface area (Å²) in [5.74, 6) is -0.860. The van der Waals surface area contributed by atoms with Crippen molar-refractivity contribution in [3.63, 3.8) is 0 Å². The fourth-order valence-electron chi connectivity index (χ4n) is 2.36.